The standard InChI is InChI=1S/C18H29N3O3S/c1-2-14-25(23,24)19-15-16-6-8-17(9-7-16)20-18(22)10-13-21-11-4-3-5-12-21/h6-9,19H,2-5,10-15H2,1H3,(H,20,22). The van der Waals surface area contributed by atoms with Crippen LogP contribution in [0.1, 0.15) is 44.6 Å². The lowest BCUT2D eigenvalue weighted by Crippen LogP contribution is -2.32. The Morgan fingerprint density at radius 2 is 1.80 bits per heavy atom. The molecule has 1 saturated heterocycles. The van der Waals surface area contributed by atoms with Gasteiger partial charge >= 0.3 is 0 Å². The minimum Gasteiger partial charge on any atom is -0.326 e. The van der Waals surface area contributed by atoms with E-state index in [1.165, 1.54) is 19.3 Å². The molecule has 0 saturated carbocycles. The maximum absolute atomic E-state index is 12.0. The zero-order valence-corrected chi connectivity index (χ0v) is 15.8. The number of carbonyl (C=O) groups is 1. The Balaban J connectivity index is 1.74. The summed E-state index contributed by atoms with van der Waals surface area (Å²) in [6.45, 7) is 5.10. The van der Waals surface area contributed by atoms with Crippen molar-refractivity contribution in [2.24, 2.45) is 0 Å². The van der Waals surface area contributed by atoms with E-state index in [9.17, 15) is 13.2 Å². The van der Waals surface area contributed by atoms with E-state index in [2.05, 4.69) is 14.9 Å². The summed E-state index contributed by atoms with van der Waals surface area (Å²) in [5.41, 5.74) is 1.61. The minimum absolute atomic E-state index is 0.0157. The van der Waals surface area contributed by atoms with E-state index in [4.69, 9.17) is 0 Å². The molecule has 25 heavy (non-hydrogen) atoms. The van der Waals surface area contributed by atoms with Crippen molar-refractivity contribution in [1.82, 2.24) is 9.62 Å². The van der Waals surface area contributed by atoms with Crippen molar-refractivity contribution in [2.75, 3.05) is 30.7 Å². The maximum Gasteiger partial charge on any atom is 0.225 e. The predicted octanol–water partition coefficient (Wildman–Crippen LogP) is 2.33. The number of likely N-dealkylation sites (tertiary alicyclic amines) is 1. The average molecular weight is 368 g/mol. The van der Waals surface area contributed by atoms with Crippen LogP contribution in [0.5, 0.6) is 0 Å². The topological polar surface area (TPSA) is 78.5 Å². The van der Waals surface area contributed by atoms with Crippen molar-refractivity contribution in [3.63, 3.8) is 0 Å². The SMILES string of the molecule is CCCS(=O)(=O)NCc1ccc(NC(=O)CCN2CCCCC2)cc1. The Hall–Kier alpha value is -1.44. The summed E-state index contributed by atoms with van der Waals surface area (Å²) in [5.74, 6) is 0.153. The van der Waals surface area contributed by atoms with E-state index in [-0.39, 0.29) is 18.2 Å². The van der Waals surface area contributed by atoms with E-state index in [0.29, 0.717) is 12.8 Å². The van der Waals surface area contributed by atoms with Crippen molar-refractivity contribution in [3.05, 3.63) is 29.8 Å². The lowest BCUT2D eigenvalue weighted by Gasteiger charge is -2.25. The van der Waals surface area contributed by atoms with Crippen molar-refractivity contribution in [3.8, 4) is 0 Å². The molecule has 7 heteroatoms. The van der Waals surface area contributed by atoms with Gasteiger partial charge in [-0.15, -0.1) is 0 Å². The molecule has 140 valence electrons. The number of anilines is 1. The van der Waals surface area contributed by atoms with Crippen LogP contribution >= 0.6 is 0 Å². The van der Waals surface area contributed by atoms with Gasteiger partial charge in [0.25, 0.3) is 0 Å². The third-order valence-corrected chi connectivity index (χ3v) is 5.84. The highest BCUT2D eigenvalue weighted by molar-refractivity contribution is 7.89. The first kappa shape index (κ1) is 19.9. The molecule has 0 unspecified atom stereocenters. The number of rotatable bonds is 9. The van der Waals surface area contributed by atoms with E-state index in [0.717, 1.165) is 30.9 Å². The third-order valence-electron chi connectivity index (χ3n) is 4.31. The Morgan fingerprint density at radius 1 is 1.12 bits per heavy atom. The van der Waals surface area contributed by atoms with Crippen molar-refractivity contribution in [2.45, 2.75) is 45.6 Å². The molecule has 1 aromatic rings. The second kappa shape index (κ2) is 9.89. The van der Waals surface area contributed by atoms with Gasteiger partial charge in [0.2, 0.25) is 15.9 Å². The van der Waals surface area contributed by atoms with Gasteiger partial charge in [-0.1, -0.05) is 25.5 Å². The summed E-state index contributed by atoms with van der Waals surface area (Å²) >= 11 is 0. The summed E-state index contributed by atoms with van der Waals surface area (Å²) in [6.07, 6.45) is 4.84. The molecule has 2 rings (SSSR count). The summed E-state index contributed by atoms with van der Waals surface area (Å²) in [6, 6.07) is 7.27. The number of nitrogens with zero attached hydrogens (tertiary/aromatic N) is 1. The molecule has 2 N–H and O–H groups in total. The Labute approximate surface area is 151 Å². The number of hydrogen-bond acceptors (Lipinski definition) is 4. The Morgan fingerprint density at radius 3 is 2.44 bits per heavy atom. The van der Waals surface area contributed by atoms with Gasteiger partial charge in [-0.05, 0) is 50.0 Å². The van der Waals surface area contributed by atoms with E-state index in [1.807, 2.05) is 31.2 Å². The first-order valence-corrected chi connectivity index (χ1v) is 10.7. The summed E-state index contributed by atoms with van der Waals surface area (Å²) in [5, 5.41) is 2.90. The van der Waals surface area contributed by atoms with Crippen molar-refractivity contribution < 1.29 is 13.2 Å². The average Bonchev–Trinajstić information content (AvgIpc) is 2.60. The molecule has 1 aliphatic heterocycles. The molecule has 0 aromatic heterocycles. The van der Waals surface area contributed by atoms with E-state index >= 15 is 0 Å². The van der Waals surface area contributed by atoms with Gasteiger partial charge < -0.3 is 10.2 Å². The second-order valence-electron chi connectivity index (χ2n) is 6.54. The molecule has 0 radical (unpaired) electrons. The summed E-state index contributed by atoms with van der Waals surface area (Å²) in [7, 11) is -3.20. The van der Waals surface area contributed by atoms with Crippen LogP contribution in [-0.2, 0) is 21.4 Å². The van der Waals surface area contributed by atoms with Gasteiger partial charge in [0, 0.05) is 25.2 Å². The molecular weight excluding hydrogens is 338 g/mol. The van der Waals surface area contributed by atoms with Gasteiger partial charge in [0.05, 0.1) is 5.75 Å². The van der Waals surface area contributed by atoms with E-state index < -0.39 is 10.0 Å². The fraction of sp³-hybridized carbons (Fsp3) is 0.611. The number of benzene rings is 1. The zero-order valence-electron chi connectivity index (χ0n) is 15.0. The molecule has 0 aliphatic carbocycles. The Bertz CT molecular complexity index is 638. The first-order chi connectivity index (χ1) is 12.0. The first-order valence-electron chi connectivity index (χ1n) is 9.07. The molecule has 1 amide bonds. The number of nitrogens with one attached hydrogen (secondary N) is 2. The number of sulfonamides is 1. The lowest BCUT2D eigenvalue weighted by molar-refractivity contribution is -0.116. The van der Waals surface area contributed by atoms with Gasteiger partial charge in [-0.25, -0.2) is 13.1 Å². The normalized spacial score (nSPS) is 15.9. The Kier molecular flexibility index (Phi) is 7.87. The van der Waals surface area contributed by atoms with Crippen LogP contribution in [-0.4, -0.2) is 44.6 Å². The summed E-state index contributed by atoms with van der Waals surface area (Å²) in [4.78, 5) is 14.4. The van der Waals surface area contributed by atoms with Crippen LogP contribution in [0.4, 0.5) is 5.69 Å². The van der Waals surface area contributed by atoms with Crippen LogP contribution in [0.3, 0.4) is 0 Å². The highest BCUT2D eigenvalue weighted by Crippen LogP contribution is 2.12. The molecule has 0 spiro atoms. The van der Waals surface area contributed by atoms with Gasteiger partial charge in [0.1, 0.15) is 0 Å². The van der Waals surface area contributed by atoms with Crippen LogP contribution < -0.4 is 10.0 Å². The monoisotopic (exact) mass is 367 g/mol. The smallest absolute Gasteiger partial charge is 0.225 e. The number of hydrogen-bond donors (Lipinski definition) is 2. The van der Waals surface area contributed by atoms with Crippen LogP contribution in [0.25, 0.3) is 0 Å². The molecule has 0 atom stereocenters. The maximum atomic E-state index is 12.0. The third kappa shape index (κ3) is 7.54. The molecular formula is C18H29N3O3S. The fourth-order valence-corrected chi connectivity index (χ4v) is 3.97. The zero-order chi connectivity index (χ0) is 18.1. The molecule has 1 fully saturated rings. The largest absolute Gasteiger partial charge is 0.326 e. The molecule has 1 heterocycles. The lowest BCUT2D eigenvalue weighted by atomic mass is 10.1. The van der Waals surface area contributed by atoms with E-state index in [1.54, 1.807) is 0 Å². The van der Waals surface area contributed by atoms with Gasteiger partial charge in [-0.3, -0.25) is 4.79 Å². The highest BCUT2D eigenvalue weighted by Gasteiger charge is 2.12. The number of carbonyl (C=O) groups excluding carboxylic acids is 1. The number of piperidine rings is 1. The fourth-order valence-electron chi connectivity index (χ4n) is 2.91. The van der Waals surface area contributed by atoms with Crippen molar-refractivity contribution in [1.29, 1.82) is 0 Å². The number of amides is 1. The van der Waals surface area contributed by atoms with Gasteiger partial charge in [-0.2, -0.15) is 0 Å². The molecule has 0 bridgehead atoms. The summed E-state index contributed by atoms with van der Waals surface area (Å²) < 4.78 is 25.9. The van der Waals surface area contributed by atoms with Crippen LogP contribution in [0.15, 0.2) is 24.3 Å². The quantitative estimate of drug-likeness (QED) is 0.702. The van der Waals surface area contributed by atoms with Gasteiger partial charge in [0.15, 0.2) is 0 Å². The highest BCUT2D eigenvalue weighted by atomic mass is 32.2. The van der Waals surface area contributed by atoms with Crippen LogP contribution in [0, 0.1) is 0 Å². The van der Waals surface area contributed by atoms with Crippen molar-refractivity contribution >= 4 is 21.6 Å². The molecule has 1 aliphatic rings. The van der Waals surface area contributed by atoms with Crippen LogP contribution in [0.2, 0.25) is 0 Å². The predicted molar refractivity (Wildman–Crippen MR) is 101 cm³/mol. The molecule has 1 aromatic carbocycles. The second-order valence-corrected chi connectivity index (χ2v) is 8.46. The molecule has 6 nitrogen and oxygen atoms in total. The minimum atomic E-state index is -3.20.